The van der Waals surface area contributed by atoms with Crippen LogP contribution in [0, 0.1) is 0 Å². The van der Waals surface area contributed by atoms with Gasteiger partial charge in [-0.2, -0.15) is 0 Å². The van der Waals surface area contributed by atoms with Gasteiger partial charge in [-0.3, -0.25) is 4.79 Å². The molecule has 0 aromatic heterocycles. The standard InChI is InChI=1S/C8H13BrO3/c1-2-7(10)12-8(9)5-3-4-6-11-8/h2-6H2,1H3. The fraction of sp³-hybridized carbons (Fsp3) is 0.875. The van der Waals surface area contributed by atoms with Crippen LogP contribution in [0.15, 0.2) is 0 Å². The third-order valence-corrected chi connectivity index (χ3v) is 2.53. The molecule has 0 aromatic rings. The Bertz CT molecular complexity index is 164. The van der Waals surface area contributed by atoms with Crippen molar-refractivity contribution in [3.63, 3.8) is 0 Å². The molecule has 1 heterocycles. The Kier molecular flexibility index (Phi) is 3.53. The third kappa shape index (κ3) is 2.75. The Morgan fingerprint density at radius 2 is 2.42 bits per heavy atom. The van der Waals surface area contributed by atoms with Crippen molar-refractivity contribution in [1.29, 1.82) is 0 Å². The summed E-state index contributed by atoms with van der Waals surface area (Å²) in [5, 5.41) is 0. The molecule has 1 unspecified atom stereocenters. The lowest BCUT2D eigenvalue weighted by atomic mass is 10.2. The first-order chi connectivity index (χ1) is 5.66. The van der Waals surface area contributed by atoms with Crippen LogP contribution in [0.3, 0.4) is 0 Å². The van der Waals surface area contributed by atoms with Crippen molar-refractivity contribution in [3.8, 4) is 0 Å². The molecule has 0 spiro atoms. The second-order valence-corrected chi connectivity index (χ2v) is 4.00. The van der Waals surface area contributed by atoms with Crippen molar-refractivity contribution in [1.82, 2.24) is 0 Å². The molecule has 1 atom stereocenters. The summed E-state index contributed by atoms with van der Waals surface area (Å²) < 4.78 is 9.56. The van der Waals surface area contributed by atoms with Gasteiger partial charge in [0.15, 0.2) is 0 Å². The van der Waals surface area contributed by atoms with Gasteiger partial charge in [-0.1, -0.05) is 6.92 Å². The van der Waals surface area contributed by atoms with Gasteiger partial charge in [-0.15, -0.1) is 0 Å². The molecule has 70 valence electrons. The van der Waals surface area contributed by atoms with Crippen molar-refractivity contribution in [2.24, 2.45) is 0 Å². The third-order valence-electron chi connectivity index (χ3n) is 1.74. The summed E-state index contributed by atoms with van der Waals surface area (Å²) in [7, 11) is 0. The fourth-order valence-corrected chi connectivity index (χ4v) is 1.68. The molecule has 12 heavy (non-hydrogen) atoms. The van der Waals surface area contributed by atoms with Crippen molar-refractivity contribution in [2.45, 2.75) is 37.3 Å². The van der Waals surface area contributed by atoms with Gasteiger partial charge >= 0.3 is 5.97 Å². The number of alkyl halides is 1. The maximum Gasteiger partial charge on any atom is 0.308 e. The molecule has 0 aromatic carbocycles. The van der Waals surface area contributed by atoms with E-state index in [0.29, 0.717) is 13.0 Å². The van der Waals surface area contributed by atoms with Gasteiger partial charge in [-0.25, -0.2) is 0 Å². The number of hydrogen-bond donors (Lipinski definition) is 0. The average molecular weight is 237 g/mol. The maximum atomic E-state index is 11.0. The zero-order valence-electron chi connectivity index (χ0n) is 7.14. The molecule has 3 nitrogen and oxygen atoms in total. The van der Waals surface area contributed by atoms with Crippen LogP contribution in [0.4, 0.5) is 0 Å². The zero-order chi connectivity index (χ0) is 9.03. The molecule has 4 heteroatoms. The fourth-order valence-electron chi connectivity index (χ4n) is 1.06. The molecule has 0 N–H and O–H groups in total. The van der Waals surface area contributed by atoms with Crippen LogP contribution in [0.1, 0.15) is 32.6 Å². The normalized spacial score (nSPS) is 29.8. The monoisotopic (exact) mass is 236 g/mol. The maximum absolute atomic E-state index is 11.0. The molecule has 0 amide bonds. The Morgan fingerprint density at radius 1 is 1.67 bits per heavy atom. The first-order valence-electron chi connectivity index (χ1n) is 4.21. The van der Waals surface area contributed by atoms with Gasteiger partial charge in [0, 0.05) is 12.8 Å². The topological polar surface area (TPSA) is 35.5 Å². The summed E-state index contributed by atoms with van der Waals surface area (Å²) in [5.41, 5.74) is 0. The Hall–Kier alpha value is -0.0900. The molecular formula is C8H13BrO3. The van der Waals surface area contributed by atoms with Gasteiger partial charge in [0.2, 0.25) is 0 Å². The van der Waals surface area contributed by atoms with Crippen molar-refractivity contribution in [2.75, 3.05) is 6.61 Å². The molecule has 1 aliphatic heterocycles. The van der Waals surface area contributed by atoms with Crippen LogP contribution in [0.5, 0.6) is 0 Å². The predicted molar refractivity (Wildman–Crippen MR) is 47.8 cm³/mol. The SMILES string of the molecule is CCC(=O)OC1(Br)CCCCO1. The van der Waals surface area contributed by atoms with E-state index in [0.717, 1.165) is 19.3 Å². The lowest BCUT2D eigenvalue weighted by molar-refractivity contribution is -0.198. The van der Waals surface area contributed by atoms with E-state index in [4.69, 9.17) is 9.47 Å². The van der Waals surface area contributed by atoms with Gasteiger partial charge in [0.1, 0.15) is 0 Å². The number of ether oxygens (including phenoxy) is 2. The van der Waals surface area contributed by atoms with Crippen LogP contribution < -0.4 is 0 Å². The number of carbonyl (C=O) groups excluding carboxylic acids is 1. The summed E-state index contributed by atoms with van der Waals surface area (Å²) >= 11 is 3.27. The summed E-state index contributed by atoms with van der Waals surface area (Å²) in [6, 6.07) is 0. The minimum absolute atomic E-state index is 0.228. The van der Waals surface area contributed by atoms with Gasteiger partial charge in [-0.05, 0) is 28.8 Å². The molecule has 0 aliphatic carbocycles. The van der Waals surface area contributed by atoms with Crippen molar-refractivity contribution < 1.29 is 14.3 Å². The van der Waals surface area contributed by atoms with E-state index in [-0.39, 0.29) is 5.97 Å². The largest absolute Gasteiger partial charge is 0.423 e. The van der Waals surface area contributed by atoms with E-state index < -0.39 is 4.70 Å². The van der Waals surface area contributed by atoms with Crippen LogP contribution in [-0.4, -0.2) is 17.3 Å². The minimum Gasteiger partial charge on any atom is -0.423 e. The molecule has 0 radical (unpaired) electrons. The average Bonchev–Trinajstić information content (AvgIpc) is 2.05. The number of halogens is 1. The van der Waals surface area contributed by atoms with E-state index in [9.17, 15) is 4.79 Å². The van der Waals surface area contributed by atoms with Crippen LogP contribution in [0.25, 0.3) is 0 Å². The van der Waals surface area contributed by atoms with Crippen molar-refractivity contribution in [3.05, 3.63) is 0 Å². The van der Waals surface area contributed by atoms with Crippen LogP contribution in [0.2, 0.25) is 0 Å². The minimum atomic E-state index is -0.835. The molecule has 1 rings (SSSR count). The molecule has 1 saturated heterocycles. The molecule has 1 aliphatic rings. The highest BCUT2D eigenvalue weighted by molar-refractivity contribution is 9.10. The number of rotatable bonds is 2. The highest BCUT2D eigenvalue weighted by Gasteiger charge is 2.33. The smallest absolute Gasteiger partial charge is 0.308 e. The Labute approximate surface area is 80.5 Å². The quantitative estimate of drug-likeness (QED) is 0.545. The van der Waals surface area contributed by atoms with Crippen molar-refractivity contribution >= 4 is 21.9 Å². The molecular weight excluding hydrogens is 224 g/mol. The summed E-state index contributed by atoms with van der Waals surface area (Å²) in [6.07, 6.45) is 3.19. The second-order valence-electron chi connectivity index (χ2n) is 2.79. The Balaban J connectivity index is 2.41. The first-order valence-corrected chi connectivity index (χ1v) is 5.00. The number of hydrogen-bond acceptors (Lipinski definition) is 3. The second kappa shape index (κ2) is 4.23. The lowest BCUT2D eigenvalue weighted by Crippen LogP contribution is -2.34. The van der Waals surface area contributed by atoms with Gasteiger partial charge in [0.25, 0.3) is 4.70 Å². The van der Waals surface area contributed by atoms with E-state index in [1.165, 1.54) is 0 Å². The number of carbonyl (C=O) groups is 1. The zero-order valence-corrected chi connectivity index (χ0v) is 8.72. The van der Waals surface area contributed by atoms with E-state index in [2.05, 4.69) is 15.9 Å². The summed E-state index contributed by atoms with van der Waals surface area (Å²) in [4.78, 5) is 11.0. The Morgan fingerprint density at radius 3 is 2.92 bits per heavy atom. The van der Waals surface area contributed by atoms with Gasteiger partial charge in [0.05, 0.1) is 6.61 Å². The van der Waals surface area contributed by atoms with Crippen LogP contribution in [-0.2, 0) is 14.3 Å². The van der Waals surface area contributed by atoms with Crippen LogP contribution >= 0.6 is 15.9 Å². The van der Waals surface area contributed by atoms with E-state index >= 15 is 0 Å². The summed E-state index contributed by atoms with van der Waals surface area (Å²) in [6.45, 7) is 2.42. The van der Waals surface area contributed by atoms with E-state index in [1.807, 2.05) is 0 Å². The molecule has 0 saturated carbocycles. The van der Waals surface area contributed by atoms with Gasteiger partial charge < -0.3 is 9.47 Å². The first kappa shape index (κ1) is 9.99. The predicted octanol–water partition coefficient (Wildman–Crippen LogP) is 2.19. The molecule has 1 fully saturated rings. The van der Waals surface area contributed by atoms with E-state index in [1.54, 1.807) is 6.92 Å². The lowest BCUT2D eigenvalue weighted by Gasteiger charge is -2.30. The summed E-state index contributed by atoms with van der Waals surface area (Å²) in [5.74, 6) is -0.228. The molecule has 0 bridgehead atoms. The highest BCUT2D eigenvalue weighted by Crippen LogP contribution is 2.32. The number of esters is 1. The highest BCUT2D eigenvalue weighted by atomic mass is 79.9.